The highest BCUT2D eigenvalue weighted by Crippen LogP contribution is 2.27. The fourth-order valence-electron chi connectivity index (χ4n) is 4.52. The summed E-state index contributed by atoms with van der Waals surface area (Å²) >= 11 is 1.66. The van der Waals surface area contributed by atoms with E-state index in [2.05, 4.69) is 51.0 Å². The van der Waals surface area contributed by atoms with Gasteiger partial charge in [-0.15, -0.1) is 11.3 Å². The van der Waals surface area contributed by atoms with Crippen LogP contribution < -0.4 is 10.6 Å². The number of nitrogens with zero attached hydrogens (tertiary/aromatic N) is 4. The lowest BCUT2D eigenvalue weighted by Crippen LogP contribution is -2.45. The first kappa shape index (κ1) is 22.5. The zero-order valence-electron chi connectivity index (χ0n) is 19.4. The van der Waals surface area contributed by atoms with Gasteiger partial charge in [-0.05, 0) is 54.1 Å². The van der Waals surface area contributed by atoms with E-state index in [1.165, 1.54) is 16.1 Å². The maximum Gasteiger partial charge on any atom is 0.173 e. The number of thiophene rings is 1. The van der Waals surface area contributed by atoms with Crippen LogP contribution in [0, 0.1) is 6.92 Å². The molecule has 0 radical (unpaired) electrons. The van der Waals surface area contributed by atoms with Crippen molar-refractivity contribution in [1.29, 1.82) is 0 Å². The van der Waals surface area contributed by atoms with E-state index in [-0.39, 0.29) is 5.78 Å². The fraction of sp³-hybridized carbons (Fsp3) is 0.296. The smallest absolute Gasteiger partial charge is 0.173 e. The molecule has 6 nitrogen and oxygen atoms in total. The maximum absolute atomic E-state index is 12.9. The van der Waals surface area contributed by atoms with Crippen molar-refractivity contribution in [2.24, 2.45) is 0 Å². The third-order valence-corrected chi connectivity index (χ3v) is 7.83. The van der Waals surface area contributed by atoms with E-state index in [4.69, 9.17) is 5.73 Å². The molecule has 174 valence electrons. The van der Waals surface area contributed by atoms with Gasteiger partial charge in [-0.25, -0.2) is 4.98 Å². The molecular formula is C27H29N5OS. The Morgan fingerprint density at radius 3 is 2.62 bits per heavy atom. The fourth-order valence-corrected chi connectivity index (χ4v) is 5.71. The minimum Gasteiger partial charge on any atom is -0.383 e. The Hall–Kier alpha value is -3.29. The molecule has 7 heteroatoms. The number of Topliss-reactive ketones (excluding diaryl/α,β-unsaturated/α-hetero) is 1. The summed E-state index contributed by atoms with van der Waals surface area (Å²) in [6.45, 7) is 7.09. The Bertz CT molecular complexity index is 1300. The molecule has 2 N–H and O–H groups in total. The van der Waals surface area contributed by atoms with Crippen molar-refractivity contribution in [3.8, 4) is 0 Å². The number of ketones is 1. The molecule has 0 atom stereocenters. The van der Waals surface area contributed by atoms with Crippen molar-refractivity contribution in [1.82, 2.24) is 14.9 Å². The van der Waals surface area contributed by atoms with E-state index in [0.29, 0.717) is 12.2 Å². The highest BCUT2D eigenvalue weighted by Gasteiger charge is 2.20. The number of nitrogen functional groups attached to an aromatic ring is 1. The molecule has 1 aliphatic heterocycles. The minimum atomic E-state index is 0.219. The number of hydrogen-bond donors (Lipinski definition) is 1. The summed E-state index contributed by atoms with van der Waals surface area (Å²) in [5.74, 6) is 0.761. The number of fused-ring (bicyclic) bond motifs is 1. The number of benzene rings is 1. The number of pyridine rings is 2. The lowest BCUT2D eigenvalue weighted by molar-refractivity contribution is 0.0986. The molecule has 34 heavy (non-hydrogen) atoms. The van der Waals surface area contributed by atoms with Gasteiger partial charge < -0.3 is 10.6 Å². The van der Waals surface area contributed by atoms with Crippen LogP contribution in [0.5, 0.6) is 0 Å². The zero-order valence-corrected chi connectivity index (χ0v) is 20.2. The van der Waals surface area contributed by atoms with Gasteiger partial charge in [0.15, 0.2) is 5.78 Å². The SMILES string of the molecule is Cc1cc(C(=O)CCc2ccc3c(N)nccc3c2)sc1CN1CCN(c2ccncc2)CC1. The molecule has 1 aliphatic rings. The summed E-state index contributed by atoms with van der Waals surface area (Å²) in [4.78, 5) is 28.3. The van der Waals surface area contributed by atoms with E-state index >= 15 is 0 Å². The minimum absolute atomic E-state index is 0.219. The van der Waals surface area contributed by atoms with Gasteiger partial charge in [0.2, 0.25) is 0 Å². The number of hydrogen-bond acceptors (Lipinski definition) is 7. The molecule has 4 heterocycles. The van der Waals surface area contributed by atoms with Crippen LogP contribution >= 0.6 is 11.3 Å². The third kappa shape index (κ3) is 4.95. The number of aromatic nitrogens is 2. The van der Waals surface area contributed by atoms with Gasteiger partial charge in [0, 0.05) is 73.7 Å². The summed E-state index contributed by atoms with van der Waals surface area (Å²) in [6.07, 6.45) is 6.66. The Labute approximate surface area is 204 Å². The van der Waals surface area contributed by atoms with Crippen LogP contribution in [0.1, 0.15) is 32.1 Å². The quantitative estimate of drug-likeness (QED) is 0.393. The second-order valence-corrected chi connectivity index (χ2v) is 10.00. The summed E-state index contributed by atoms with van der Waals surface area (Å²) in [5.41, 5.74) is 9.55. The van der Waals surface area contributed by atoms with Crippen LogP contribution in [0.25, 0.3) is 10.8 Å². The monoisotopic (exact) mass is 471 g/mol. The Morgan fingerprint density at radius 2 is 1.82 bits per heavy atom. The number of aryl methyl sites for hydroxylation is 2. The Balaban J connectivity index is 1.17. The van der Waals surface area contributed by atoms with Gasteiger partial charge in [0.05, 0.1) is 4.88 Å². The molecule has 1 saturated heterocycles. The van der Waals surface area contributed by atoms with E-state index in [9.17, 15) is 4.79 Å². The largest absolute Gasteiger partial charge is 0.383 e. The molecule has 0 amide bonds. The molecule has 0 aliphatic carbocycles. The standard InChI is InChI=1S/C27H29N5OS/c1-19-16-25(24(33)5-3-20-2-4-23-21(17-20)6-11-30-27(23)28)34-26(19)18-31-12-14-32(15-13-31)22-7-9-29-10-8-22/h2,4,6-11,16-17H,3,5,12-15,18H2,1H3,(H2,28,30). The molecule has 5 rings (SSSR count). The average Bonchev–Trinajstić information content (AvgIpc) is 3.23. The Morgan fingerprint density at radius 1 is 1.03 bits per heavy atom. The van der Waals surface area contributed by atoms with Gasteiger partial charge in [-0.2, -0.15) is 0 Å². The van der Waals surface area contributed by atoms with Crippen molar-refractivity contribution in [2.45, 2.75) is 26.3 Å². The van der Waals surface area contributed by atoms with Gasteiger partial charge in [-0.1, -0.05) is 18.2 Å². The summed E-state index contributed by atoms with van der Waals surface area (Å²) in [5, 5.41) is 2.02. The van der Waals surface area contributed by atoms with Crippen molar-refractivity contribution in [3.63, 3.8) is 0 Å². The zero-order chi connectivity index (χ0) is 23.5. The molecular weight excluding hydrogens is 442 g/mol. The highest BCUT2D eigenvalue weighted by atomic mass is 32.1. The molecule has 0 unspecified atom stereocenters. The lowest BCUT2D eigenvalue weighted by Gasteiger charge is -2.36. The predicted octanol–water partition coefficient (Wildman–Crippen LogP) is 4.72. The molecule has 0 saturated carbocycles. The van der Waals surface area contributed by atoms with E-state index in [0.717, 1.165) is 60.4 Å². The number of nitrogens with two attached hydrogens (primary N) is 1. The Kier molecular flexibility index (Phi) is 6.56. The predicted molar refractivity (Wildman–Crippen MR) is 140 cm³/mol. The highest BCUT2D eigenvalue weighted by molar-refractivity contribution is 7.14. The van der Waals surface area contributed by atoms with Crippen LogP contribution in [0.4, 0.5) is 11.5 Å². The van der Waals surface area contributed by atoms with Crippen molar-refractivity contribution >= 4 is 39.4 Å². The first-order valence-electron chi connectivity index (χ1n) is 11.7. The third-order valence-electron chi connectivity index (χ3n) is 6.56. The number of piperazine rings is 1. The molecule has 4 aromatic rings. The van der Waals surface area contributed by atoms with Gasteiger partial charge in [0.25, 0.3) is 0 Å². The second kappa shape index (κ2) is 9.91. The van der Waals surface area contributed by atoms with Crippen LogP contribution in [-0.4, -0.2) is 46.8 Å². The van der Waals surface area contributed by atoms with Crippen LogP contribution in [0.2, 0.25) is 0 Å². The normalized spacial score (nSPS) is 14.6. The molecule has 0 spiro atoms. The van der Waals surface area contributed by atoms with Crippen molar-refractivity contribution < 1.29 is 4.79 Å². The van der Waals surface area contributed by atoms with Crippen molar-refractivity contribution in [2.75, 3.05) is 36.8 Å². The van der Waals surface area contributed by atoms with Crippen molar-refractivity contribution in [3.05, 3.63) is 81.9 Å². The topological polar surface area (TPSA) is 75.4 Å². The summed E-state index contributed by atoms with van der Waals surface area (Å²) < 4.78 is 0. The lowest BCUT2D eigenvalue weighted by atomic mass is 10.0. The van der Waals surface area contributed by atoms with E-state index in [1.807, 2.05) is 30.6 Å². The second-order valence-electron chi connectivity index (χ2n) is 8.86. The first-order valence-corrected chi connectivity index (χ1v) is 12.5. The number of carbonyl (C=O) groups excluding carboxylic acids is 1. The van der Waals surface area contributed by atoms with Crippen LogP contribution in [0.3, 0.4) is 0 Å². The van der Waals surface area contributed by atoms with Gasteiger partial charge >= 0.3 is 0 Å². The summed E-state index contributed by atoms with van der Waals surface area (Å²) in [7, 11) is 0. The van der Waals surface area contributed by atoms with Gasteiger partial charge in [0.1, 0.15) is 5.82 Å². The molecule has 1 aromatic carbocycles. The van der Waals surface area contributed by atoms with Crippen LogP contribution in [0.15, 0.2) is 61.1 Å². The summed E-state index contributed by atoms with van der Waals surface area (Å²) in [6, 6.07) is 14.3. The molecule has 3 aromatic heterocycles. The number of anilines is 2. The number of rotatable bonds is 7. The first-order chi connectivity index (χ1) is 16.6. The van der Waals surface area contributed by atoms with E-state index < -0.39 is 0 Å². The average molecular weight is 472 g/mol. The number of carbonyl (C=O) groups is 1. The maximum atomic E-state index is 12.9. The van der Waals surface area contributed by atoms with Gasteiger partial charge in [-0.3, -0.25) is 14.7 Å². The molecule has 1 fully saturated rings. The van der Waals surface area contributed by atoms with Crippen LogP contribution in [-0.2, 0) is 13.0 Å². The molecule has 0 bridgehead atoms. The van der Waals surface area contributed by atoms with E-state index in [1.54, 1.807) is 17.5 Å².